The highest BCUT2D eigenvalue weighted by Gasteiger charge is 2.44. The molecule has 4 heterocycles. The van der Waals surface area contributed by atoms with Crippen LogP contribution >= 0.6 is 11.3 Å². The van der Waals surface area contributed by atoms with Crippen LogP contribution < -0.4 is 21.3 Å². The van der Waals surface area contributed by atoms with Crippen molar-refractivity contribution in [2.45, 2.75) is 90.1 Å². The van der Waals surface area contributed by atoms with Crippen LogP contribution in [0.4, 0.5) is 11.5 Å². The average molecular weight is 769 g/mol. The number of β-amino-alcohol motifs (C(OH)–C–C–N with tert-alkyl or cyclic N) is 1. The molecule has 0 aliphatic carbocycles. The lowest BCUT2D eigenvalue weighted by atomic mass is 9.84. The molecular formula is C41H52N8O5S. The van der Waals surface area contributed by atoms with Gasteiger partial charge in [0.1, 0.15) is 11.8 Å². The number of amides is 2. The van der Waals surface area contributed by atoms with E-state index in [1.807, 2.05) is 45.0 Å². The third kappa shape index (κ3) is 8.93. The van der Waals surface area contributed by atoms with E-state index in [0.717, 1.165) is 21.7 Å². The number of benzene rings is 2. The first-order chi connectivity index (χ1) is 26.0. The topological polar surface area (TPSA) is 190 Å². The van der Waals surface area contributed by atoms with Crippen LogP contribution in [-0.4, -0.2) is 90.6 Å². The quantitative estimate of drug-likeness (QED) is 0.121. The number of nitrogens with two attached hydrogens (primary N) is 1. The number of phenolic OH excluding ortho intramolecular Hbond substituents is 1. The Labute approximate surface area is 326 Å². The largest absolute Gasteiger partial charge is 0.507 e. The Morgan fingerprint density at radius 1 is 1.09 bits per heavy atom. The summed E-state index contributed by atoms with van der Waals surface area (Å²) in [6, 6.07) is 15.4. The first-order valence-electron chi connectivity index (χ1n) is 18.7. The molecule has 13 nitrogen and oxygen atoms in total. The van der Waals surface area contributed by atoms with E-state index < -0.39 is 35.1 Å². The molecule has 2 aromatic carbocycles. The molecule has 292 valence electrons. The van der Waals surface area contributed by atoms with Crippen LogP contribution in [0.2, 0.25) is 0 Å². The number of rotatable bonds is 11. The molecule has 2 fully saturated rings. The van der Waals surface area contributed by atoms with Crippen molar-refractivity contribution in [1.29, 1.82) is 0 Å². The lowest BCUT2D eigenvalue weighted by Crippen LogP contribution is -2.57. The van der Waals surface area contributed by atoms with Crippen molar-refractivity contribution in [1.82, 2.24) is 30.7 Å². The molecule has 0 unspecified atom stereocenters. The number of aryl methyl sites for hydroxylation is 1. The second kappa shape index (κ2) is 16.0. The summed E-state index contributed by atoms with van der Waals surface area (Å²) < 4.78 is 0. The number of thiazole rings is 1. The summed E-state index contributed by atoms with van der Waals surface area (Å²) in [5, 5.41) is 47.4. The van der Waals surface area contributed by atoms with Gasteiger partial charge in [-0.25, -0.2) is 4.98 Å². The van der Waals surface area contributed by atoms with Crippen LogP contribution in [0.5, 0.6) is 5.75 Å². The standard InChI is InChI=1S/C41H52N8O5S/c1-24(27-11-13-28(14-12-27)36-26(3)43-23-55-36)44-25(2)32-19-29(50)22-49(32)39(53)37(40(4,5)6)45-35(52)21-41(54)15-17-48(18-16-41)33-20-31(46-47-38(33)42)30-9-7-8-10-34(30)51/h7-14,20,23-24,29,32,37,44,50-51,54H,2,15-19,21-22H2,1,3-6H3,(H2,42,47)(H,45,52)/t24-,29+,32-,37+/m0/s1. The summed E-state index contributed by atoms with van der Waals surface area (Å²) in [6.07, 6.45) is -0.0565. The van der Waals surface area contributed by atoms with Crippen molar-refractivity contribution in [3.05, 3.63) is 83.6 Å². The van der Waals surface area contributed by atoms with Crippen LogP contribution in [0.1, 0.15) is 70.7 Å². The molecule has 2 amide bonds. The molecule has 0 bridgehead atoms. The number of hydrogen-bond donors (Lipinski definition) is 6. The van der Waals surface area contributed by atoms with E-state index in [0.29, 0.717) is 42.2 Å². The zero-order valence-electron chi connectivity index (χ0n) is 32.1. The number of nitrogen functional groups attached to an aromatic ring is 1. The molecule has 4 atom stereocenters. The van der Waals surface area contributed by atoms with E-state index in [2.05, 4.69) is 56.7 Å². The number of carbonyl (C=O) groups excluding carboxylic acids is 2. The molecule has 0 saturated carbocycles. The highest BCUT2D eigenvalue weighted by atomic mass is 32.1. The van der Waals surface area contributed by atoms with Gasteiger partial charge in [-0.2, -0.15) is 0 Å². The third-order valence-electron chi connectivity index (χ3n) is 10.7. The first-order valence-corrected chi connectivity index (χ1v) is 19.5. The number of aliphatic hydroxyl groups is 2. The zero-order chi connectivity index (χ0) is 39.7. The number of para-hydroxylation sites is 1. The summed E-state index contributed by atoms with van der Waals surface area (Å²) >= 11 is 1.61. The summed E-state index contributed by atoms with van der Waals surface area (Å²) in [5.41, 5.74) is 11.4. The highest BCUT2D eigenvalue weighted by molar-refractivity contribution is 7.13. The lowest BCUT2D eigenvalue weighted by Gasteiger charge is -2.40. The van der Waals surface area contributed by atoms with Gasteiger partial charge in [-0.3, -0.25) is 9.59 Å². The van der Waals surface area contributed by atoms with E-state index >= 15 is 0 Å². The Hall–Kier alpha value is -5.05. The van der Waals surface area contributed by atoms with Crippen LogP contribution in [0, 0.1) is 12.3 Å². The normalized spacial score (nSPS) is 19.5. The summed E-state index contributed by atoms with van der Waals surface area (Å²) in [4.78, 5) is 37.0. The van der Waals surface area contributed by atoms with Gasteiger partial charge in [-0.1, -0.05) is 63.7 Å². The minimum atomic E-state index is -1.31. The van der Waals surface area contributed by atoms with Gasteiger partial charge in [-0.15, -0.1) is 21.5 Å². The maximum absolute atomic E-state index is 14.3. The maximum Gasteiger partial charge on any atom is 0.246 e. The Balaban J connectivity index is 1.08. The molecule has 2 aromatic heterocycles. The SMILES string of the molecule is C=C(N[C@@H](C)c1ccc(-c2scnc2C)cc1)[C@@H]1C[C@@H](O)CN1C(=O)[C@@H](NC(=O)CC1(O)CCN(c2cc(-c3ccccc3O)nnc2N)CC1)C(C)(C)C. The van der Waals surface area contributed by atoms with Gasteiger partial charge in [0, 0.05) is 43.4 Å². The summed E-state index contributed by atoms with van der Waals surface area (Å²) in [5.74, 6) is -0.449. The number of carbonyl (C=O) groups is 2. The number of anilines is 2. The van der Waals surface area contributed by atoms with E-state index in [1.54, 1.807) is 46.6 Å². The van der Waals surface area contributed by atoms with Crippen molar-refractivity contribution in [2.24, 2.45) is 5.41 Å². The summed E-state index contributed by atoms with van der Waals surface area (Å²) in [6.45, 7) is 14.9. The number of aromatic nitrogens is 3. The minimum absolute atomic E-state index is 0.0754. The van der Waals surface area contributed by atoms with Gasteiger partial charge >= 0.3 is 0 Å². The Morgan fingerprint density at radius 2 is 1.78 bits per heavy atom. The van der Waals surface area contributed by atoms with Gasteiger partial charge in [0.05, 0.1) is 51.6 Å². The second-order valence-electron chi connectivity index (χ2n) is 15.9. The molecule has 2 saturated heterocycles. The van der Waals surface area contributed by atoms with Gasteiger partial charge in [0.25, 0.3) is 0 Å². The van der Waals surface area contributed by atoms with Crippen LogP contribution in [-0.2, 0) is 9.59 Å². The highest BCUT2D eigenvalue weighted by Crippen LogP contribution is 2.36. The Kier molecular flexibility index (Phi) is 11.5. The fraction of sp³-hybridized carbons (Fsp3) is 0.439. The second-order valence-corrected chi connectivity index (χ2v) is 16.8. The lowest BCUT2D eigenvalue weighted by molar-refractivity contribution is -0.141. The molecule has 14 heteroatoms. The smallest absolute Gasteiger partial charge is 0.246 e. The molecule has 6 rings (SSSR count). The van der Waals surface area contributed by atoms with Crippen molar-refractivity contribution in [2.75, 3.05) is 30.3 Å². The maximum atomic E-state index is 14.3. The van der Waals surface area contributed by atoms with Gasteiger partial charge in [0.2, 0.25) is 11.8 Å². The van der Waals surface area contributed by atoms with Gasteiger partial charge in [-0.05, 0) is 61.4 Å². The molecule has 55 heavy (non-hydrogen) atoms. The Morgan fingerprint density at radius 3 is 2.42 bits per heavy atom. The fourth-order valence-electron chi connectivity index (χ4n) is 7.48. The number of aliphatic hydroxyl groups excluding tert-OH is 1. The predicted molar refractivity (Wildman–Crippen MR) is 215 cm³/mol. The molecule has 0 spiro atoms. The van der Waals surface area contributed by atoms with E-state index in [1.165, 1.54) is 0 Å². The molecule has 2 aliphatic rings. The number of aromatic hydroxyl groups is 1. The molecule has 0 radical (unpaired) electrons. The zero-order valence-corrected chi connectivity index (χ0v) is 32.9. The number of phenols is 1. The van der Waals surface area contributed by atoms with Crippen molar-refractivity contribution < 1.29 is 24.9 Å². The molecule has 4 aromatic rings. The number of piperidine rings is 1. The molecule has 2 aliphatic heterocycles. The monoisotopic (exact) mass is 768 g/mol. The number of hydrogen-bond acceptors (Lipinski definition) is 12. The molecule has 7 N–H and O–H groups in total. The Bertz CT molecular complexity index is 2020. The van der Waals surface area contributed by atoms with Crippen molar-refractivity contribution in [3.63, 3.8) is 0 Å². The van der Waals surface area contributed by atoms with E-state index in [-0.39, 0.29) is 49.3 Å². The summed E-state index contributed by atoms with van der Waals surface area (Å²) in [7, 11) is 0. The van der Waals surface area contributed by atoms with Crippen molar-refractivity contribution in [3.8, 4) is 27.4 Å². The van der Waals surface area contributed by atoms with Gasteiger partial charge in [0.15, 0.2) is 5.82 Å². The third-order valence-corrected chi connectivity index (χ3v) is 11.7. The van der Waals surface area contributed by atoms with Crippen LogP contribution in [0.25, 0.3) is 21.7 Å². The number of nitrogens with one attached hydrogen (secondary N) is 2. The minimum Gasteiger partial charge on any atom is -0.507 e. The first kappa shape index (κ1) is 39.6. The molecular weight excluding hydrogens is 717 g/mol. The average Bonchev–Trinajstić information content (AvgIpc) is 3.76. The van der Waals surface area contributed by atoms with E-state index in [4.69, 9.17) is 5.73 Å². The van der Waals surface area contributed by atoms with Gasteiger partial charge < -0.3 is 41.5 Å². The van der Waals surface area contributed by atoms with E-state index in [9.17, 15) is 24.9 Å². The van der Waals surface area contributed by atoms with Crippen LogP contribution in [0.15, 0.2) is 72.4 Å². The van der Waals surface area contributed by atoms with Crippen LogP contribution in [0.3, 0.4) is 0 Å². The predicted octanol–water partition coefficient (Wildman–Crippen LogP) is 4.94. The fourth-order valence-corrected chi connectivity index (χ4v) is 8.29. The number of nitrogens with zero attached hydrogens (tertiary/aromatic N) is 5. The van der Waals surface area contributed by atoms with Crippen molar-refractivity contribution >= 4 is 34.7 Å². The number of likely N-dealkylation sites (tertiary alicyclic amines) is 1.